The van der Waals surface area contributed by atoms with Crippen molar-refractivity contribution in [3.05, 3.63) is 0 Å². The molecule has 0 aromatic carbocycles. The van der Waals surface area contributed by atoms with Crippen molar-refractivity contribution >= 4 is 21.9 Å². The second-order valence-electron chi connectivity index (χ2n) is 4.42. The van der Waals surface area contributed by atoms with Crippen molar-refractivity contribution in [3.63, 3.8) is 0 Å². The first-order valence-corrected chi connectivity index (χ1v) is 6.72. The second-order valence-corrected chi connectivity index (χ2v) is 5.20. The molecule has 1 aliphatic rings. The number of carbonyl (C=O) groups is 1. The van der Waals surface area contributed by atoms with Crippen molar-refractivity contribution < 1.29 is 18.5 Å². The maximum Gasteiger partial charge on any atom is 0.171 e. The van der Waals surface area contributed by atoms with Gasteiger partial charge >= 0.3 is 0 Å². The van der Waals surface area contributed by atoms with E-state index in [1.165, 1.54) is 0 Å². The predicted molar refractivity (Wildman–Crippen MR) is 67.2 cm³/mol. The summed E-state index contributed by atoms with van der Waals surface area (Å²) in [6.45, 7) is 6.79. The van der Waals surface area contributed by atoms with Crippen molar-refractivity contribution in [2.45, 2.75) is 45.8 Å². The Labute approximate surface area is 106 Å². The Balaban J connectivity index is 2.53. The SMILES string of the molecule is CCC(CCC(=O)C(C)=S=O)C1(C)OCCO1. The normalized spacial score (nSPS) is 19.9. The Bertz CT molecular complexity index is 327. The maximum atomic E-state index is 11.6. The van der Waals surface area contributed by atoms with Crippen LogP contribution in [0.25, 0.3) is 0 Å². The Morgan fingerprint density at radius 1 is 1.41 bits per heavy atom. The summed E-state index contributed by atoms with van der Waals surface area (Å²) in [5, 5.41) is 0. The highest BCUT2D eigenvalue weighted by Crippen LogP contribution is 2.33. The summed E-state index contributed by atoms with van der Waals surface area (Å²) in [7, 11) is 0. The van der Waals surface area contributed by atoms with E-state index in [0.717, 1.165) is 6.42 Å². The third kappa shape index (κ3) is 3.72. The van der Waals surface area contributed by atoms with Gasteiger partial charge in [0.1, 0.15) is 0 Å². The Morgan fingerprint density at radius 2 is 2.00 bits per heavy atom. The smallest absolute Gasteiger partial charge is 0.171 e. The molecular weight excluding hydrogens is 240 g/mol. The highest BCUT2D eigenvalue weighted by Gasteiger charge is 2.38. The van der Waals surface area contributed by atoms with Gasteiger partial charge < -0.3 is 9.47 Å². The van der Waals surface area contributed by atoms with E-state index in [4.69, 9.17) is 9.47 Å². The van der Waals surface area contributed by atoms with Gasteiger partial charge in [-0.3, -0.25) is 4.79 Å². The molecule has 1 heterocycles. The monoisotopic (exact) mass is 260 g/mol. The van der Waals surface area contributed by atoms with Gasteiger partial charge in [-0.05, 0) is 26.7 Å². The first-order valence-electron chi connectivity index (χ1n) is 5.98. The van der Waals surface area contributed by atoms with Crippen LogP contribution in [0.15, 0.2) is 0 Å². The fourth-order valence-corrected chi connectivity index (χ4v) is 2.33. The van der Waals surface area contributed by atoms with Gasteiger partial charge in [-0.1, -0.05) is 6.92 Å². The van der Waals surface area contributed by atoms with Gasteiger partial charge in [-0.25, -0.2) is 4.21 Å². The molecule has 1 unspecified atom stereocenters. The summed E-state index contributed by atoms with van der Waals surface area (Å²) in [4.78, 5) is 11.9. The fourth-order valence-electron chi connectivity index (χ4n) is 2.13. The van der Waals surface area contributed by atoms with Crippen LogP contribution < -0.4 is 0 Å². The van der Waals surface area contributed by atoms with Gasteiger partial charge in [-0.2, -0.15) is 0 Å². The van der Waals surface area contributed by atoms with Crippen molar-refractivity contribution in [2.24, 2.45) is 5.92 Å². The molecule has 0 bridgehead atoms. The number of Topliss-reactive ketones (excluding diaryl/α,β-unsaturated/α-hetero) is 1. The van der Waals surface area contributed by atoms with Gasteiger partial charge in [0, 0.05) is 12.3 Å². The lowest BCUT2D eigenvalue weighted by molar-refractivity contribution is -0.183. The van der Waals surface area contributed by atoms with E-state index in [0.29, 0.717) is 30.9 Å². The second kappa shape index (κ2) is 6.42. The van der Waals surface area contributed by atoms with Gasteiger partial charge in [0.05, 0.1) is 29.3 Å². The minimum absolute atomic E-state index is 0.0648. The van der Waals surface area contributed by atoms with Crippen LogP contribution in [0, 0.1) is 5.92 Å². The lowest BCUT2D eigenvalue weighted by Gasteiger charge is -2.31. The number of rotatable bonds is 6. The van der Waals surface area contributed by atoms with Crippen LogP contribution in [-0.4, -0.2) is 33.9 Å². The summed E-state index contributed by atoms with van der Waals surface area (Å²) in [5.74, 6) is -0.434. The minimum Gasteiger partial charge on any atom is -0.348 e. The summed E-state index contributed by atoms with van der Waals surface area (Å²) in [5.41, 5.74) is 0. The molecule has 0 aliphatic carbocycles. The van der Waals surface area contributed by atoms with Crippen molar-refractivity contribution in [3.8, 4) is 0 Å². The molecule has 1 atom stereocenters. The van der Waals surface area contributed by atoms with E-state index in [9.17, 15) is 9.00 Å². The standard InChI is InChI=1S/C12H20O4S/c1-4-10(12(3)15-7-8-16-12)5-6-11(13)9(2)17-14/h10H,4-8H2,1-3H3. The van der Waals surface area contributed by atoms with E-state index in [1.54, 1.807) is 6.92 Å². The molecule has 0 amide bonds. The van der Waals surface area contributed by atoms with Crippen LogP contribution in [0.2, 0.25) is 0 Å². The maximum absolute atomic E-state index is 11.6. The average Bonchev–Trinajstić information content (AvgIpc) is 2.76. The molecule has 0 radical (unpaired) electrons. The molecular formula is C12H20O4S. The van der Waals surface area contributed by atoms with E-state index >= 15 is 0 Å². The van der Waals surface area contributed by atoms with Gasteiger partial charge in [0.2, 0.25) is 0 Å². The van der Waals surface area contributed by atoms with Crippen LogP contribution in [0.3, 0.4) is 0 Å². The molecule has 1 fully saturated rings. The lowest BCUT2D eigenvalue weighted by Crippen LogP contribution is -2.36. The molecule has 98 valence electrons. The molecule has 0 saturated carbocycles. The molecule has 5 heteroatoms. The molecule has 0 spiro atoms. The van der Waals surface area contributed by atoms with E-state index in [-0.39, 0.29) is 23.0 Å². The summed E-state index contributed by atoms with van der Waals surface area (Å²) in [6.07, 6.45) is 1.99. The number of hydrogen-bond donors (Lipinski definition) is 0. The molecule has 1 rings (SSSR count). The quantitative estimate of drug-likeness (QED) is 0.680. The zero-order valence-electron chi connectivity index (χ0n) is 10.7. The summed E-state index contributed by atoms with van der Waals surface area (Å²) in [6, 6.07) is 0. The topological polar surface area (TPSA) is 52.6 Å². The third-order valence-electron chi connectivity index (χ3n) is 3.33. The third-order valence-corrected chi connectivity index (χ3v) is 3.81. The molecule has 0 aromatic rings. The minimum atomic E-state index is -0.562. The average molecular weight is 260 g/mol. The Morgan fingerprint density at radius 3 is 2.47 bits per heavy atom. The summed E-state index contributed by atoms with van der Waals surface area (Å²) < 4.78 is 21.7. The molecule has 1 aliphatic heterocycles. The zero-order valence-corrected chi connectivity index (χ0v) is 11.5. The van der Waals surface area contributed by atoms with Crippen LogP contribution in [0.1, 0.15) is 40.0 Å². The van der Waals surface area contributed by atoms with Crippen LogP contribution in [-0.2, 0) is 25.5 Å². The van der Waals surface area contributed by atoms with E-state index < -0.39 is 5.79 Å². The highest BCUT2D eigenvalue weighted by molar-refractivity contribution is 7.68. The van der Waals surface area contributed by atoms with Crippen LogP contribution >= 0.6 is 0 Å². The van der Waals surface area contributed by atoms with Crippen molar-refractivity contribution in [2.75, 3.05) is 13.2 Å². The molecule has 1 saturated heterocycles. The zero-order chi connectivity index (χ0) is 12.9. The molecule has 0 aromatic heterocycles. The van der Waals surface area contributed by atoms with Gasteiger partial charge in [-0.15, -0.1) is 0 Å². The number of hydrogen-bond acceptors (Lipinski definition) is 4. The molecule has 0 N–H and O–H groups in total. The van der Waals surface area contributed by atoms with Crippen LogP contribution in [0.5, 0.6) is 0 Å². The molecule has 4 nitrogen and oxygen atoms in total. The number of carbonyl (C=O) groups excluding carboxylic acids is 1. The summed E-state index contributed by atoms with van der Waals surface area (Å²) >= 11 is 0.278. The lowest BCUT2D eigenvalue weighted by atomic mass is 9.90. The van der Waals surface area contributed by atoms with Gasteiger partial charge in [0.15, 0.2) is 11.6 Å². The van der Waals surface area contributed by atoms with E-state index in [2.05, 4.69) is 6.92 Å². The fraction of sp³-hybridized carbons (Fsp3) is 0.833. The highest BCUT2D eigenvalue weighted by atomic mass is 32.1. The first-order chi connectivity index (χ1) is 8.03. The van der Waals surface area contributed by atoms with Crippen molar-refractivity contribution in [1.82, 2.24) is 0 Å². The van der Waals surface area contributed by atoms with Crippen LogP contribution in [0.4, 0.5) is 0 Å². The Kier molecular flexibility index (Phi) is 5.49. The molecule has 17 heavy (non-hydrogen) atoms. The first kappa shape index (κ1) is 14.5. The van der Waals surface area contributed by atoms with Gasteiger partial charge in [0.25, 0.3) is 0 Å². The van der Waals surface area contributed by atoms with Crippen molar-refractivity contribution in [1.29, 1.82) is 0 Å². The Hall–Kier alpha value is -0.520. The van der Waals surface area contributed by atoms with E-state index in [1.807, 2.05) is 6.92 Å². The number of ether oxygens (including phenoxy) is 2. The predicted octanol–water partition coefficient (Wildman–Crippen LogP) is 1.53. The largest absolute Gasteiger partial charge is 0.348 e. The number of ketones is 1.